The van der Waals surface area contributed by atoms with Crippen LogP contribution in [0.2, 0.25) is 0 Å². The number of nitrogens with one attached hydrogen (secondary N) is 2. The summed E-state index contributed by atoms with van der Waals surface area (Å²) in [6.45, 7) is 3.41. The molecule has 2 aliphatic rings. The van der Waals surface area contributed by atoms with Gasteiger partial charge in [0.05, 0.1) is 18.1 Å². The summed E-state index contributed by atoms with van der Waals surface area (Å²) in [5.74, 6) is 0.250. The summed E-state index contributed by atoms with van der Waals surface area (Å²) in [7, 11) is -2.94. The van der Waals surface area contributed by atoms with Crippen molar-refractivity contribution in [2.45, 2.75) is 37.8 Å². The van der Waals surface area contributed by atoms with Crippen LogP contribution in [0.15, 0.2) is 0 Å². The van der Waals surface area contributed by atoms with Crippen molar-refractivity contribution in [3.05, 3.63) is 0 Å². The average molecular weight is 290 g/mol. The van der Waals surface area contributed by atoms with E-state index >= 15 is 0 Å². The second-order valence-corrected chi connectivity index (χ2v) is 7.89. The van der Waals surface area contributed by atoms with Crippen LogP contribution >= 0.6 is 0 Å². The lowest BCUT2D eigenvalue weighted by Crippen LogP contribution is -2.50. The van der Waals surface area contributed by atoms with E-state index in [1.807, 2.05) is 6.92 Å². The molecular formula is C12H22N2O4S. The number of rotatable bonds is 4. The summed E-state index contributed by atoms with van der Waals surface area (Å²) >= 11 is 0. The zero-order valence-corrected chi connectivity index (χ0v) is 12.1. The minimum atomic E-state index is -2.94. The van der Waals surface area contributed by atoms with Crippen LogP contribution in [0.25, 0.3) is 0 Å². The van der Waals surface area contributed by atoms with E-state index in [-0.39, 0.29) is 30.0 Å². The minimum Gasteiger partial charge on any atom is -0.381 e. The average Bonchev–Trinajstić information content (AvgIpc) is 2.63. The molecule has 0 aromatic rings. The summed E-state index contributed by atoms with van der Waals surface area (Å²) in [6.07, 6.45) is 2.26. The van der Waals surface area contributed by atoms with E-state index in [1.54, 1.807) is 0 Å². The van der Waals surface area contributed by atoms with E-state index in [9.17, 15) is 13.2 Å². The van der Waals surface area contributed by atoms with Crippen molar-refractivity contribution in [2.24, 2.45) is 0 Å². The zero-order valence-electron chi connectivity index (χ0n) is 11.3. The van der Waals surface area contributed by atoms with Crippen molar-refractivity contribution < 1.29 is 17.9 Å². The number of amides is 1. The fourth-order valence-electron chi connectivity index (χ4n) is 2.56. The Hall–Kier alpha value is -0.660. The first-order valence-electron chi connectivity index (χ1n) is 6.71. The summed E-state index contributed by atoms with van der Waals surface area (Å²) in [6, 6.07) is 0.183. The van der Waals surface area contributed by atoms with Crippen LogP contribution in [0, 0.1) is 0 Å². The summed E-state index contributed by atoms with van der Waals surface area (Å²) in [5.41, 5.74) is -0.466. The molecule has 2 aliphatic heterocycles. The van der Waals surface area contributed by atoms with E-state index in [1.165, 1.54) is 0 Å². The Morgan fingerprint density at radius 3 is 2.63 bits per heavy atom. The molecule has 0 aromatic heterocycles. The second-order valence-electron chi connectivity index (χ2n) is 5.71. The third-order valence-electron chi connectivity index (χ3n) is 3.77. The predicted molar refractivity (Wildman–Crippen MR) is 71.7 cm³/mol. The van der Waals surface area contributed by atoms with Crippen LogP contribution in [0.1, 0.15) is 26.2 Å². The molecule has 0 aromatic carbocycles. The van der Waals surface area contributed by atoms with Gasteiger partial charge in [0.1, 0.15) is 0 Å². The molecular weight excluding hydrogens is 268 g/mol. The molecule has 0 bridgehead atoms. The SMILES string of the molecule is CC1(NCC(=O)NC2CCOCC2)CCS(=O)(=O)C1. The maximum atomic E-state index is 11.8. The van der Waals surface area contributed by atoms with Gasteiger partial charge in [-0.2, -0.15) is 0 Å². The van der Waals surface area contributed by atoms with Crippen LogP contribution in [0.5, 0.6) is 0 Å². The summed E-state index contributed by atoms with van der Waals surface area (Å²) in [5, 5.41) is 6.03. The molecule has 1 unspecified atom stereocenters. The molecule has 2 N–H and O–H groups in total. The van der Waals surface area contributed by atoms with E-state index in [4.69, 9.17) is 4.74 Å². The number of ether oxygens (including phenoxy) is 1. The Labute approximate surface area is 114 Å². The number of sulfone groups is 1. The second kappa shape index (κ2) is 5.76. The van der Waals surface area contributed by atoms with E-state index in [0.29, 0.717) is 19.6 Å². The van der Waals surface area contributed by atoms with Gasteiger partial charge in [-0.1, -0.05) is 0 Å². The summed E-state index contributed by atoms with van der Waals surface area (Å²) in [4.78, 5) is 11.8. The molecule has 2 fully saturated rings. The first-order chi connectivity index (χ1) is 8.89. The lowest BCUT2D eigenvalue weighted by molar-refractivity contribution is -0.121. The monoisotopic (exact) mass is 290 g/mol. The van der Waals surface area contributed by atoms with Gasteiger partial charge < -0.3 is 15.4 Å². The maximum absolute atomic E-state index is 11.8. The number of carbonyl (C=O) groups is 1. The van der Waals surface area contributed by atoms with Crippen molar-refractivity contribution in [2.75, 3.05) is 31.3 Å². The van der Waals surface area contributed by atoms with Gasteiger partial charge in [-0.3, -0.25) is 4.79 Å². The van der Waals surface area contributed by atoms with E-state index in [0.717, 1.165) is 12.8 Å². The van der Waals surface area contributed by atoms with Gasteiger partial charge >= 0.3 is 0 Å². The number of carbonyl (C=O) groups excluding carboxylic acids is 1. The highest BCUT2D eigenvalue weighted by molar-refractivity contribution is 7.91. The molecule has 1 atom stereocenters. The Bertz CT molecular complexity index is 431. The van der Waals surface area contributed by atoms with Gasteiger partial charge in [-0.15, -0.1) is 0 Å². The molecule has 2 rings (SSSR count). The van der Waals surface area contributed by atoms with Crippen molar-refractivity contribution in [1.29, 1.82) is 0 Å². The van der Waals surface area contributed by atoms with E-state index < -0.39 is 15.4 Å². The maximum Gasteiger partial charge on any atom is 0.234 e. The molecule has 6 nitrogen and oxygen atoms in total. The smallest absolute Gasteiger partial charge is 0.234 e. The molecule has 7 heteroatoms. The molecule has 0 aliphatic carbocycles. The molecule has 19 heavy (non-hydrogen) atoms. The first-order valence-corrected chi connectivity index (χ1v) is 8.53. The van der Waals surface area contributed by atoms with Gasteiger partial charge in [-0.05, 0) is 26.2 Å². The third kappa shape index (κ3) is 4.43. The highest BCUT2D eigenvalue weighted by Gasteiger charge is 2.38. The molecule has 2 saturated heterocycles. The Balaban J connectivity index is 1.74. The first kappa shape index (κ1) is 14.7. The predicted octanol–water partition coefficient (Wildman–Crippen LogP) is -0.552. The fraction of sp³-hybridized carbons (Fsp3) is 0.917. The standard InChI is InChI=1S/C12H22N2O4S/c1-12(4-7-19(16,17)9-12)13-8-11(15)14-10-2-5-18-6-3-10/h10,13H,2-9H2,1H3,(H,14,15). The lowest BCUT2D eigenvalue weighted by Gasteiger charge is -2.26. The Morgan fingerprint density at radius 2 is 2.05 bits per heavy atom. The number of hydrogen-bond donors (Lipinski definition) is 2. The minimum absolute atomic E-state index is 0.0718. The molecule has 0 radical (unpaired) electrons. The van der Waals surface area contributed by atoms with Gasteiger partial charge in [0.25, 0.3) is 0 Å². The fourth-order valence-corrected chi connectivity index (χ4v) is 4.69. The Morgan fingerprint density at radius 1 is 1.37 bits per heavy atom. The van der Waals surface area contributed by atoms with Crippen molar-refractivity contribution in [1.82, 2.24) is 10.6 Å². The topological polar surface area (TPSA) is 84.5 Å². The normalized spacial score (nSPS) is 31.2. The molecule has 0 saturated carbocycles. The quantitative estimate of drug-likeness (QED) is 0.725. The van der Waals surface area contributed by atoms with Crippen LogP contribution in [-0.2, 0) is 19.4 Å². The largest absolute Gasteiger partial charge is 0.381 e. The lowest BCUT2D eigenvalue weighted by atomic mass is 10.0. The van der Waals surface area contributed by atoms with Crippen molar-refractivity contribution in [3.8, 4) is 0 Å². The Kier molecular flexibility index (Phi) is 4.47. The van der Waals surface area contributed by atoms with E-state index in [2.05, 4.69) is 10.6 Å². The van der Waals surface area contributed by atoms with Gasteiger partial charge in [-0.25, -0.2) is 8.42 Å². The summed E-state index contributed by atoms with van der Waals surface area (Å²) < 4.78 is 28.1. The van der Waals surface area contributed by atoms with Gasteiger partial charge in [0.15, 0.2) is 9.84 Å². The molecule has 1 amide bonds. The highest BCUT2D eigenvalue weighted by atomic mass is 32.2. The highest BCUT2D eigenvalue weighted by Crippen LogP contribution is 2.22. The van der Waals surface area contributed by atoms with Crippen LogP contribution in [0.3, 0.4) is 0 Å². The van der Waals surface area contributed by atoms with Crippen LogP contribution < -0.4 is 10.6 Å². The van der Waals surface area contributed by atoms with Crippen molar-refractivity contribution in [3.63, 3.8) is 0 Å². The van der Waals surface area contributed by atoms with Gasteiger partial charge in [0, 0.05) is 24.8 Å². The third-order valence-corrected chi connectivity index (χ3v) is 5.67. The zero-order chi connectivity index (χ0) is 13.9. The van der Waals surface area contributed by atoms with Crippen LogP contribution in [0.4, 0.5) is 0 Å². The van der Waals surface area contributed by atoms with Crippen LogP contribution in [-0.4, -0.2) is 57.2 Å². The van der Waals surface area contributed by atoms with Gasteiger partial charge in [0.2, 0.25) is 5.91 Å². The molecule has 110 valence electrons. The van der Waals surface area contributed by atoms with Crippen molar-refractivity contribution >= 4 is 15.7 Å². The number of hydrogen-bond acceptors (Lipinski definition) is 5. The molecule has 2 heterocycles. The molecule has 0 spiro atoms.